The molecule has 1 aromatic rings. The molecular weight excluding hydrogens is 206 g/mol. The molecule has 1 aromatic heterocycles. The van der Waals surface area contributed by atoms with E-state index >= 15 is 0 Å². The Kier molecular flexibility index (Phi) is 3.03. The van der Waals surface area contributed by atoms with Crippen LogP contribution in [0.3, 0.4) is 0 Å². The Hall–Kier alpha value is -1.65. The third-order valence-corrected chi connectivity index (χ3v) is 2.62. The quantitative estimate of drug-likeness (QED) is 0.817. The van der Waals surface area contributed by atoms with Crippen LogP contribution in [0.1, 0.15) is 36.7 Å². The molecule has 0 aliphatic heterocycles. The lowest BCUT2D eigenvalue weighted by Gasteiger charge is -2.22. The van der Waals surface area contributed by atoms with Crippen molar-refractivity contribution in [3.05, 3.63) is 18.1 Å². The van der Waals surface area contributed by atoms with Crippen LogP contribution in [0, 0.1) is 0 Å². The van der Waals surface area contributed by atoms with Gasteiger partial charge in [-0.15, -0.1) is 0 Å². The lowest BCUT2D eigenvalue weighted by atomic mass is 10.3. The summed E-state index contributed by atoms with van der Waals surface area (Å²) in [5, 5.41) is 8.87. The lowest BCUT2D eigenvalue weighted by molar-refractivity contribution is 0.0690. The second-order valence-electron chi connectivity index (χ2n) is 3.99. The van der Waals surface area contributed by atoms with Gasteiger partial charge in [-0.3, -0.25) is 0 Å². The van der Waals surface area contributed by atoms with Crippen molar-refractivity contribution in [2.24, 2.45) is 0 Å². The van der Waals surface area contributed by atoms with Crippen molar-refractivity contribution in [1.29, 1.82) is 0 Å². The highest BCUT2D eigenvalue weighted by atomic mass is 16.4. The summed E-state index contributed by atoms with van der Waals surface area (Å²) in [5.74, 6) is -0.271. The van der Waals surface area contributed by atoms with Crippen molar-refractivity contribution >= 4 is 11.8 Å². The maximum Gasteiger partial charge on any atom is 0.354 e. The van der Waals surface area contributed by atoms with E-state index in [1.807, 2.05) is 0 Å². The zero-order chi connectivity index (χ0) is 11.5. The fourth-order valence-electron chi connectivity index (χ4n) is 1.73. The summed E-state index contributed by atoms with van der Waals surface area (Å²) in [6.07, 6.45) is 4.70. The van der Waals surface area contributed by atoms with Gasteiger partial charge in [-0.05, 0) is 19.3 Å². The topological polar surface area (TPSA) is 66.3 Å². The predicted molar refractivity (Wildman–Crippen MR) is 59.7 cm³/mol. The standard InChI is InChI=1S/C11H15N3O2/c1-2-5-14(8-3-4-8)10-6-9(11(15)16)12-7-13-10/h6-8H,2-5H2,1H3,(H,15,16). The Balaban J connectivity index is 2.22. The van der Waals surface area contributed by atoms with Crippen molar-refractivity contribution in [1.82, 2.24) is 9.97 Å². The second-order valence-corrected chi connectivity index (χ2v) is 3.99. The summed E-state index contributed by atoms with van der Waals surface area (Å²) in [7, 11) is 0. The van der Waals surface area contributed by atoms with Gasteiger partial charge in [0.05, 0.1) is 0 Å². The zero-order valence-corrected chi connectivity index (χ0v) is 9.26. The average Bonchev–Trinajstić information content (AvgIpc) is 3.10. The van der Waals surface area contributed by atoms with Crippen molar-refractivity contribution in [2.75, 3.05) is 11.4 Å². The highest BCUT2D eigenvalue weighted by molar-refractivity contribution is 5.86. The van der Waals surface area contributed by atoms with Gasteiger partial charge >= 0.3 is 5.97 Å². The van der Waals surface area contributed by atoms with Crippen molar-refractivity contribution < 1.29 is 9.90 Å². The van der Waals surface area contributed by atoms with E-state index in [4.69, 9.17) is 5.11 Å². The van der Waals surface area contributed by atoms with Gasteiger partial charge in [-0.25, -0.2) is 14.8 Å². The molecule has 0 radical (unpaired) electrons. The highest BCUT2D eigenvalue weighted by Crippen LogP contribution is 2.30. The van der Waals surface area contributed by atoms with E-state index in [1.165, 1.54) is 19.2 Å². The molecule has 0 aromatic carbocycles. The Morgan fingerprint density at radius 1 is 1.56 bits per heavy atom. The average molecular weight is 221 g/mol. The van der Waals surface area contributed by atoms with Crippen LogP contribution in [0.5, 0.6) is 0 Å². The third-order valence-electron chi connectivity index (χ3n) is 2.62. The van der Waals surface area contributed by atoms with E-state index in [0.717, 1.165) is 18.8 Å². The number of anilines is 1. The molecule has 2 rings (SSSR count). The van der Waals surface area contributed by atoms with Gasteiger partial charge in [0.25, 0.3) is 0 Å². The summed E-state index contributed by atoms with van der Waals surface area (Å²) in [4.78, 5) is 20.9. The molecule has 5 heteroatoms. The molecule has 86 valence electrons. The van der Waals surface area contributed by atoms with E-state index < -0.39 is 5.97 Å². The van der Waals surface area contributed by atoms with Gasteiger partial charge in [-0.2, -0.15) is 0 Å². The first-order valence-electron chi connectivity index (χ1n) is 5.54. The SMILES string of the molecule is CCCN(c1cc(C(=O)O)ncn1)C1CC1. The number of hydrogen-bond donors (Lipinski definition) is 1. The van der Waals surface area contributed by atoms with E-state index in [-0.39, 0.29) is 5.69 Å². The molecule has 0 atom stereocenters. The van der Waals surface area contributed by atoms with E-state index in [1.54, 1.807) is 6.07 Å². The summed E-state index contributed by atoms with van der Waals surface area (Å²) >= 11 is 0. The van der Waals surface area contributed by atoms with E-state index in [2.05, 4.69) is 21.8 Å². The molecule has 1 aliphatic carbocycles. The largest absolute Gasteiger partial charge is 0.477 e. The number of carboxylic acids is 1. The van der Waals surface area contributed by atoms with Gasteiger partial charge in [-0.1, -0.05) is 6.92 Å². The summed E-state index contributed by atoms with van der Waals surface area (Å²) in [5.41, 5.74) is 0.0618. The fourth-order valence-corrected chi connectivity index (χ4v) is 1.73. The van der Waals surface area contributed by atoms with Crippen LogP contribution >= 0.6 is 0 Å². The van der Waals surface area contributed by atoms with Crippen LogP contribution < -0.4 is 4.90 Å². The van der Waals surface area contributed by atoms with Gasteiger partial charge < -0.3 is 10.0 Å². The van der Waals surface area contributed by atoms with Gasteiger partial charge in [0.1, 0.15) is 12.1 Å². The number of hydrogen-bond acceptors (Lipinski definition) is 4. The molecule has 1 N–H and O–H groups in total. The first kappa shape index (κ1) is 10.9. The van der Waals surface area contributed by atoms with Gasteiger partial charge in [0, 0.05) is 18.7 Å². The molecule has 1 heterocycles. The number of carboxylic acid groups (broad SMARTS) is 1. The molecule has 5 nitrogen and oxygen atoms in total. The molecule has 0 spiro atoms. The number of aromatic nitrogens is 2. The minimum Gasteiger partial charge on any atom is -0.477 e. The minimum atomic E-state index is -1.00. The summed E-state index contributed by atoms with van der Waals surface area (Å²) in [6.45, 7) is 3.02. The van der Waals surface area contributed by atoms with Crippen LogP contribution in [0.25, 0.3) is 0 Å². The molecule has 1 saturated carbocycles. The highest BCUT2D eigenvalue weighted by Gasteiger charge is 2.29. The zero-order valence-electron chi connectivity index (χ0n) is 9.26. The fraction of sp³-hybridized carbons (Fsp3) is 0.545. The first-order chi connectivity index (χ1) is 7.72. The number of nitrogens with zero attached hydrogens (tertiary/aromatic N) is 3. The van der Waals surface area contributed by atoms with Crippen LogP contribution in [-0.2, 0) is 0 Å². The van der Waals surface area contributed by atoms with Gasteiger partial charge in [0.2, 0.25) is 0 Å². The van der Waals surface area contributed by atoms with E-state index in [0.29, 0.717) is 6.04 Å². The minimum absolute atomic E-state index is 0.0618. The van der Waals surface area contributed by atoms with Crippen LogP contribution in [0.2, 0.25) is 0 Å². The molecule has 16 heavy (non-hydrogen) atoms. The van der Waals surface area contributed by atoms with E-state index in [9.17, 15) is 4.79 Å². The van der Waals surface area contributed by atoms with Crippen LogP contribution in [0.4, 0.5) is 5.82 Å². The predicted octanol–water partition coefficient (Wildman–Crippen LogP) is 1.55. The Bertz CT molecular complexity index is 391. The number of rotatable bonds is 5. The smallest absolute Gasteiger partial charge is 0.354 e. The summed E-state index contributed by atoms with van der Waals surface area (Å²) in [6, 6.07) is 2.09. The summed E-state index contributed by atoms with van der Waals surface area (Å²) < 4.78 is 0. The van der Waals surface area contributed by atoms with Gasteiger partial charge in [0.15, 0.2) is 5.69 Å². The molecule has 0 saturated heterocycles. The Labute approximate surface area is 94.1 Å². The number of carbonyl (C=O) groups is 1. The van der Waals surface area contributed by atoms with Crippen LogP contribution in [-0.4, -0.2) is 33.6 Å². The Morgan fingerprint density at radius 2 is 2.31 bits per heavy atom. The molecular formula is C11H15N3O2. The monoisotopic (exact) mass is 221 g/mol. The van der Waals surface area contributed by atoms with Crippen molar-refractivity contribution in [2.45, 2.75) is 32.2 Å². The Morgan fingerprint density at radius 3 is 2.88 bits per heavy atom. The van der Waals surface area contributed by atoms with Crippen LogP contribution in [0.15, 0.2) is 12.4 Å². The maximum absolute atomic E-state index is 10.8. The lowest BCUT2D eigenvalue weighted by Crippen LogP contribution is -2.27. The normalized spacial score (nSPS) is 14.8. The maximum atomic E-state index is 10.8. The first-order valence-corrected chi connectivity index (χ1v) is 5.54. The molecule has 0 amide bonds. The molecule has 1 fully saturated rings. The molecule has 1 aliphatic rings. The molecule has 0 unspecified atom stereocenters. The van der Waals surface area contributed by atoms with Crippen molar-refractivity contribution in [3.63, 3.8) is 0 Å². The third kappa shape index (κ3) is 2.29. The molecule has 0 bridgehead atoms. The second kappa shape index (κ2) is 4.47. The van der Waals surface area contributed by atoms with Crippen molar-refractivity contribution in [3.8, 4) is 0 Å². The number of aromatic carboxylic acids is 1.